The van der Waals surface area contributed by atoms with E-state index < -0.39 is 0 Å². The zero-order chi connectivity index (χ0) is 13.0. The first kappa shape index (κ1) is 11.9. The van der Waals surface area contributed by atoms with Crippen LogP contribution < -0.4 is 11.5 Å². The Labute approximate surface area is 106 Å². The monoisotopic (exact) mass is 238 g/mol. The lowest BCUT2D eigenvalue weighted by molar-refractivity contribution is 0.104. The van der Waals surface area contributed by atoms with Gasteiger partial charge in [0.1, 0.15) is 0 Å². The third-order valence-corrected chi connectivity index (χ3v) is 2.65. The molecule has 0 aliphatic carbocycles. The topological polar surface area (TPSA) is 69.1 Å². The average molecular weight is 238 g/mol. The maximum absolute atomic E-state index is 11.9. The average Bonchev–Trinajstić information content (AvgIpc) is 2.41. The van der Waals surface area contributed by atoms with Crippen LogP contribution in [0.2, 0.25) is 0 Å². The fraction of sp³-hybridized carbons (Fsp3) is 0. The molecule has 2 aromatic rings. The Kier molecular flexibility index (Phi) is 3.44. The molecule has 0 aromatic heterocycles. The van der Waals surface area contributed by atoms with Crippen LogP contribution >= 0.6 is 0 Å². The van der Waals surface area contributed by atoms with Crippen molar-refractivity contribution in [3.63, 3.8) is 0 Å². The zero-order valence-corrected chi connectivity index (χ0v) is 9.84. The van der Waals surface area contributed by atoms with Crippen molar-refractivity contribution in [2.45, 2.75) is 0 Å². The molecule has 0 saturated carbocycles. The van der Waals surface area contributed by atoms with E-state index in [0.29, 0.717) is 16.9 Å². The van der Waals surface area contributed by atoms with Crippen molar-refractivity contribution in [3.05, 3.63) is 65.7 Å². The highest BCUT2D eigenvalue weighted by Crippen LogP contribution is 2.20. The van der Waals surface area contributed by atoms with Crippen molar-refractivity contribution >= 4 is 23.2 Å². The first-order valence-corrected chi connectivity index (χ1v) is 5.60. The molecule has 0 amide bonds. The van der Waals surface area contributed by atoms with Crippen LogP contribution in [0.15, 0.2) is 54.6 Å². The predicted octanol–water partition coefficient (Wildman–Crippen LogP) is 2.75. The number of benzene rings is 2. The molecule has 90 valence electrons. The van der Waals surface area contributed by atoms with Crippen LogP contribution in [-0.2, 0) is 0 Å². The molecule has 2 rings (SSSR count). The van der Waals surface area contributed by atoms with Crippen molar-refractivity contribution in [3.8, 4) is 0 Å². The normalized spacial score (nSPS) is 10.7. The number of hydrogen-bond donors (Lipinski definition) is 2. The summed E-state index contributed by atoms with van der Waals surface area (Å²) in [5.41, 5.74) is 13.9. The summed E-state index contributed by atoms with van der Waals surface area (Å²) in [6.07, 6.45) is 3.18. The van der Waals surface area contributed by atoms with Crippen LogP contribution in [0.1, 0.15) is 15.9 Å². The number of carbonyl (C=O) groups excluding carboxylic acids is 1. The second-order valence-corrected chi connectivity index (χ2v) is 3.91. The van der Waals surface area contributed by atoms with Crippen LogP contribution in [-0.4, -0.2) is 5.78 Å². The molecular weight excluding hydrogens is 224 g/mol. The van der Waals surface area contributed by atoms with Gasteiger partial charge in [-0.2, -0.15) is 0 Å². The number of allylic oxidation sites excluding steroid dienone is 1. The number of ketones is 1. The summed E-state index contributed by atoms with van der Waals surface area (Å²) in [7, 11) is 0. The number of carbonyl (C=O) groups is 1. The van der Waals surface area contributed by atoms with Crippen LogP contribution in [0.5, 0.6) is 0 Å². The number of anilines is 2. The molecule has 0 bridgehead atoms. The summed E-state index contributed by atoms with van der Waals surface area (Å²) in [6.45, 7) is 0. The lowest BCUT2D eigenvalue weighted by atomic mass is 10.1. The maximum Gasteiger partial charge on any atom is 0.185 e. The first-order chi connectivity index (χ1) is 8.68. The van der Waals surface area contributed by atoms with Crippen molar-refractivity contribution in [1.82, 2.24) is 0 Å². The quantitative estimate of drug-likeness (QED) is 0.490. The van der Waals surface area contributed by atoms with Gasteiger partial charge in [0.15, 0.2) is 5.78 Å². The molecular formula is C15H14N2O. The highest BCUT2D eigenvalue weighted by Gasteiger charge is 2.02. The Morgan fingerprint density at radius 1 is 0.944 bits per heavy atom. The molecule has 0 aliphatic rings. The number of para-hydroxylation sites is 1. The standard InChI is InChI=1S/C15H14N2O/c16-13-8-4-7-12(15(13)17)9-10-14(18)11-5-2-1-3-6-11/h1-10H,16-17H2/b10-9+. The Morgan fingerprint density at radius 2 is 1.67 bits per heavy atom. The van der Waals surface area contributed by atoms with Crippen molar-refractivity contribution < 1.29 is 4.79 Å². The zero-order valence-electron chi connectivity index (χ0n) is 9.84. The summed E-state index contributed by atoms with van der Waals surface area (Å²) in [5, 5.41) is 0. The Morgan fingerprint density at radius 3 is 2.39 bits per heavy atom. The van der Waals surface area contributed by atoms with E-state index in [0.717, 1.165) is 5.56 Å². The van der Waals surface area contributed by atoms with Gasteiger partial charge >= 0.3 is 0 Å². The van der Waals surface area contributed by atoms with E-state index in [1.54, 1.807) is 30.3 Å². The maximum atomic E-state index is 11.9. The van der Waals surface area contributed by atoms with Crippen molar-refractivity contribution in [1.29, 1.82) is 0 Å². The van der Waals surface area contributed by atoms with Gasteiger partial charge in [0.2, 0.25) is 0 Å². The molecule has 0 spiro atoms. The van der Waals surface area contributed by atoms with E-state index in [1.807, 2.05) is 24.3 Å². The van der Waals surface area contributed by atoms with E-state index >= 15 is 0 Å². The van der Waals surface area contributed by atoms with Gasteiger partial charge < -0.3 is 11.5 Å². The second-order valence-electron chi connectivity index (χ2n) is 3.91. The molecule has 0 aliphatic heterocycles. The first-order valence-electron chi connectivity index (χ1n) is 5.60. The molecule has 18 heavy (non-hydrogen) atoms. The lowest BCUT2D eigenvalue weighted by Crippen LogP contribution is -1.97. The largest absolute Gasteiger partial charge is 0.397 e. The SMILES string of the molecule is Nc1cccc(/C=C/C(=O)c2ccccc2)c1N. The van der Waals surface area contributed by atoms with E-state index in [9.17, 15) is 4.79 Å². The molecule has 0 atom stereocenters. The van der Waals surface area contributed by atoms with E-state index in [2.05, 4.69) is 0 Å². The lowest BCUT2D eigenvalue weighted by Gasteiger charge is -2.03. The van der Waals surface area contributed by atoms with Gasteiger partial charge in [-0.3, -0.25) is 4.79 Å². The molecule has 0 radical (unpaired) electrons. The van der Waals surface area contributed by atoms with Gasteiger partial charge in [-0.1, -0.05) is 42.5 Å². The van der Waals surface area contributed by atoms with E-state index in [-0.39, 0.29) is 5.78 Å². The molecule has 4 N–H and O–H groups in total. The van der Waals surface area contributed by atoms with Gasteiger partial charge in [-0.25, -0.2) is 0 Å². The Hall–Kier alpha value is -2.55. The fourth-order valence-electron chi connectivity index (χ4n) is 1.61. The van der Waals surface area contributed by atoms with Crippen molar-refractivity contribution in [2.24, 2.45) is 0 Å². The highest BCUT2D eigenvalue weighted by molar-refractivity contribution is 6.07. The van der Waals surface area contributed by atoms with E-state index in [4.69, 9.17) is 11.5 Å². The molecule has 0 unspecified atom stereocenters. The third-order valence-electron chi connectivity index (χ3n) is 2.65. The number of hydrogen-bond acceptors (Lipinski definition) is 3. The fourth-order valence-corrected chi connectivity index (χ4v) is 1.61. The second kappa shape index (κ2) is 5.19. The number of rotatable bonds is 3. The minimum Gasteiger partial charge on any atom is -0.397 e. The van der Waals surface area contributed by atoms with Gasteiger partial charge in [0.05, 0.1) is 11.4 Å². The number of nitrogens with two attached hydrogens (primary N) is 2. The molecule has 2 aromatic carbocycles. The highest BCUT2D eigenvalue weighted by atomic mass is 16.1. The summed E-state index contributed by atoms with van der Waals surface area (Å²) in [6, 6.07) is 14.4. The van der Waals surface area contributed by atoms with Crippen LogP contribution in [0.4, 0.5) is 11.4 Å². The van der Waals surface area contributed by atoms with Gasteiger partial charge in [-0.15, -0.1) is 0 Å². The number of nitrogen functional groups attached to an aromatic ring is 2. The minimum atomic E-state index is -0.0579. The van der Waals surface area contributed by atoms with Crippen LogP contribution in [0.3, 0.4) is 0 Å². The Balaban J connectivity index is 2.22. The predicted molar refractivity (Wildman–Crippen MR) is 75.1 cm³/mol. The summed E-state index contributed by atoms with van der Waals surface area (Å²) < 4.78 is 0. The van der Waals surface area contributed by atoms with Crippen LogP contribution in [0, 0.1) is 0 Å². The summed E-state index contributed by atoms with van der Waals surface area (Å²) in [5.74, 6) is -0.0579. The molecule has 0 fully saturated rings. The van der Waals surface area contributed by atoms with Gasteiger partial charge in [0, 0.05) is 5.56 Å². The smallest absolute Gasteiger partial charge is 0.185 e. The summed E-state index contributed by atoms with van der Waals surface area (Å²) >= 11 is 0. The van der Waals surface area contributed by atoms with Crippen LogP contribution in [0.25, 0.3) is 6.08 Å². The van der Waals surface area contributed by atoms with Crippen molar-refractivity contribution in [2.75, 3.05) is 11.5 Å². The molecule has 3 heteroatoms. The Bertz CT molecular complexity index is 589. The summed E-state index contributed by atoms with van der Waals surface area (Å²) in [4.78, 5) is 11.9. The van der Waals surface area contributed by atoms with Gasteiger partial charge in [0.25, 0.3) is 0 Å². The molecule has 0 saturated heterocycles. The van der Waals surface area contributed by atoms with E-state index in [1.165, 1.54) is 6.08 Å². The van der Waals surface area contributed by atoms with Gasteiger partial charge in [-0.05, 0) is 23.8 Å². The third kappa shape index (κ3) is 2.58. The minimum absolute atomic E-state index is 0.0579. The molecule has 3 nitrogen and oxygen atoms in total. The molecule has 0 heterocycles.